The van der Waals surface area contributed by atoms with Gasteiger partial charge < -0.3 is 16.4 Å². The van der Waals surface area contributed by atoms with Crippen LogP contribution in [-0.2, 0) is 4.79 Å². The molecule has 1 aromatic carbocycles. The molecule has 114 valence electrons. The number of hydrogen-bond donors (Lipinski definition) is 3. The van der Waals surface area contributed by atoms with Crippen LogP contribution < -0.4 is 21.3 Å². The Hall–Kier alpha value is -2.08. The average Bonchev–Trinajstić information content (AvgIpc) is 2.92. The number of hydrogen-bond acceptors (Lipinski definition) is 3. The Morgan fingerprint density at radius 1 is 1.43 bits per heavy atom. The Balaban J connectivity index is 1.99. The standard InChI is InChI=1S/C15H22N4O2/c1-3-10(2)13(16)14(20)18-11-4-6-12(7-5-11)19-9-8-17-15(19)21/h4-7,10,13H,3,8-9,16H2,1-2H3,(H,17,21)(H,18,20)/t10-,13-/m0/s1. The van der Waals surface area contributed by atoms with E-state index in [0.717, 1.165) is 12.1 Å². The van der Waals surface area contributed by atoms with Gasteiger partial charge in [0.15, 0.2) is 0 Å². The van der Waals surface area contributed by atoms with E-state index in [1.54, 1.807) is 17.0 Å². The van der Waals surface area contributed by atoms with Crippen LogP contribution in [0.5, 0.6) is 0 Å². The second-order valence-electron chi connectivity index (χ2n) is 5.33. The van der Waals surface area contributed by atoms with Gasteiger partial charge in [-0.1, -0.05) is 20.3 Å². The minimum Gasteiger partial charge on any atom is -0.336 e. The average molecular weight is 290 g/mol. The molecule has 1 saturated heterocycles. The molecule has 0 unspecified atom stereocenters. The van der Waals surface area contributed by atoms with Crippen LogP contribution in [0.2, 0.25) is 0 Å². The van der Waals surface area contributed by atoms with Crippen molar-refractivity contribution in [3.8, 4) is 0 Å². The number of nitrogens with one attached hydrogen (secondary N) is 2. The topological polar surface area (TPSA) is 87.5 Å². The highest BCUT2D eigenvalue weighted by molar-refractivity contribution is 5.96. The van der Waals surface area contributed by atoms with Crippen LogP contribution in [0.25, 0.3) is 0 Å². The SMILES string of the molecule is CC[C@H](C)[C@H](N)C(=O)Nc1ccc(N2CCNC2=O)cc1. The van der Waals surface area contributed by atoms with Gasteiger partial charge in [0.05, 0.1) is 6.04 Å². The van der Waals surface area contributed by atoms with E-state index >= 15 is 0 Å². The molecule has 3 amide bonds. The summed E-state index contributed by atoms with van der Waals surface area (Å²) in [6.45, 7) is 5.28. The largest absolute Gasteiger partial charge is 0.336 e. The number of anilines is 2. The molecular formula is C15H22N4O2. The van der Waals surface area contributed by atoms with Crippen LogP contribution in [0.4, 0.5) is 16.2 Å². The molecule has 2 rings (SSSR count). The maximum atomic E-state index is 12.0. The van der Waals surface area contributed by atoms with E-state index < -0.39 is 6.04 Å². The number of carbonyl (C=O) groups excluding carboxylic acids is 2. The van der Waals surface area contributed by atoms with Crippen molar-refractivity contribution in [3.05, 3.63) is 24.3 Å². The zero-order valence-electron chi connectivity index (χ0n) is 12.4. The summed E-state index contributed by atoms with van der Waals surface area (Å²) in [7, 11) is 0. The third-order valence-corrected chi connectivity index (χ3v) is 3.86. The first-order chi connectivity index (χ1) is 10.0. The Bertz CT molecular complexity index is 515. The maximum Gasteiger partial charge on any atom is 0.321 e. The van der Waals surface area contributed by atoms with Gasteiger partial charge in [-0.3, -0.25) is 9.69 Å². The number of urea groups is 1. The van der Waals surface area contributed by atoms with Gasteiger partial charge in [-0.25, -0.2) is 4.79 Å². The molecule has 0 saturated carbocycles. The summed E-state index contributed by atoms with van der Waals surface area (Å²) in [4.78, 5) is 25.2. The first-order valence-corrected chi connectivity index (χ1v) is 7.24. The normalized spacial score (nSPS) is 17.3. The van der Waals surface area contributed by atoms with E-state index in [2.05, 4.69) is 10.6 Å². The van der Waals surface area contributed by atoms with Crippen LogP contribution >= 0.6 is 0 Å². The summed E-state index contributed by atoms with van der Waals surface area (Å²) in [5.74, 6) is -0.0476. The van der Waals surface area contributed by atoms with Crippen LogP contribution in [0, 0.1) is 5.92 Å². The molecule has 21 heavy (non-hydrogen) atoms. The smallest absolute Gasteiger partial charge is 0.321 e. The van der Waals surface area contributed by atoms with E-state index in [9.17, 15) is 9.59 Å². The second kappa shape index (κ2) is 6.58. The van der Waals surface area contributed by atoms with E-state index in [4.69, 9.17) is 5.73 Å². The van der Waals surface area contributed by atoms with Crippen molar-refractivity contribution in [1.29, 1.82) is 0 Å². The molecule has 0 spiro atoms. The zero-order valence-corrected chi connectivity index (χ0v) is 12.4. The van der Waals surface area contributed by atoms with E-state index in [-0.39, 0.29) is 17.9 Å². The minimum atomic E-state index is -0.515. The van der Waals surface area contributed by atoms with Crippen molar-refractivity contribution in [2.24, 2.45) is 11.7 Å². The highest BCUT2D eigenvalue weighted by Gasteiger charge is 2.22. The minimum absolute atomic E-state index is 0.0921. The van der Waals surface area contributed by atoms with Crippen LogP contribution in [0.3, 0.4) is 0 Å². The molecule has 4 N–H and O–H groups in total. The van der Waals surface area contributed by atoms with Gasteiger partial charge in [-0.15, -0.1) is 0 Å². The first-order valence-electron chi connectivity index (χ1n) is 7.24. The van der Waals surface area contributed by atoms with Gasteiger partial charge in [-0.2, -0.15) is 0 Å². The number of rotatable bonds is 5. The van der Waals surface area contributed by atoms with Crippen LogP contribution in [0.1, 0.15) is 20.3 Å². The van der Waals surface area contributed by atoms with Crippen molar-refractivity contribution in [3.63, 3.8) is 0 Å². The van der Waals surface area contributed by atoms with Crippen molar-refractivity contribution >= 4 is 23.3 Å². The molecule has 1 aromatic rings. The van der Waals surface area contributed by atoms with E-state index in [1.165, 1.54) is 0 Å². The lowest BCUT2D eigenvalue weighted by Crippen LogP contribution is -2.40. The Morgan fingerprint density at radius 3 is 2.62 bits per heavy atom. The summed E-state index contributed by atoms with van der Waals surface area (Å²) in [6, 6.07) is 6.58. The van der Waals surface area contributed by atoms with Crippen LogP contribution in [0.15, 0.2) is 24.3 Å². The van der Waals surface area contributed by atoms with E-state index in [0.29, 0.717) is 18.8 Å². The molecule has 2 atom stereocenters. The monoisotopic (exact) mass is 290 g/mol. The molecule has 6 nitrogen and oxygen atoms in total. The van der Waals surface area contributed by atoms with Gasteiger partial charge in [0.1, 0.15) is 0 Å². The second-order valence-corrected chi connectivity index (χ2v) is 5.33. The van der Waals surface area contributed by atoms with Gasteiger partial charge in [0.25, 0.3) is 0 Å². The molecule has 1 aliphatic heterocycles. The summed E-state index contributed by atoms with van der Waals surface area (Å²) in [5, 5.41) is 5.55. The van der Waals surface area contributed by atoms with Gasteiger partial charge in [-0.05, 0) is 30.2 Å². The maximum absolute atomic E-state index is 12.0. The number of amides is 3. The zero-order chi connectivity index (χ0) is 15.4. The first kappa shape index (κ1) is 15.3. The molecule has 0 radical (unpaired) electrons. The van der Waals surface area contributed by atoms with Crippen LogP contribution in [-0.4, -0.2) is 31.1 Å². The number of nitrogens with two attached hydrogens (primary N) is 1. The Kier molecular flexibility index (Phi) is 4.80. The van der Waals surface area contributed by atoms with Crippen molar-refractivity contribution in [2.75, 3.05) is 23.3 Å². The third-order valence-electron chi connectivity index (χ3n) is 3.86. The predicted molar refractivity (Wildman–Crippen MR) is 83.2 cm³/mol. The van der Waals surface area contributed by atoms with Crippen molar-refractivity contribution in [2.45, 2.75) is 26.3 Å². The molecule has 0 aromatic heterocycles. The fourth-order valence-corrected chi connectivity index (χ4v) is 2.18. The predicted octanol–water partition coefficient (Wildman–Crippen LogP) is 1.53. The van der Waals surface area contributed by atoms with Crippen molar-refractivity contribution in [1.82, 2.24) is 5.32 Å². The van der Waals surface area contributed by atoms with Crippen molar-refractivity contribution < 1.29 is 9.59 Å². The quantitative estimate of drug-likeness (QED) is 0.768. The lowest BCUT2D eigenvalue weighted by molar-refractivity contribution is -0.118. The molecule has 0 aliphatic carbocycles. The number of benzene rings is 1. The van der Waals surface area contributed by atoms with Gasteiger partial charge in [0.2, 0.25) is 5.91 Å². The third kappa shape index (κ3) is 3.52. The molecular weight excluding hydrogens is 268 g/mol. The highest BCUT2D eigenvalue weighted by atomic mass is 16.2. The summed E-state index contributed by atoms with van der Waals surface area (Å²) >= 11 is 0. The molecule has 1 heterocycles. The summed E-state index contributed by atoms with van der Waals surface area (Å²) < 4.78 is 0. The Labute approximate surface area is 124 Å². The van der Waals surface area contributed by atoms with Gasteiger partial charge in [0, 0.05) is 24.5 Å². The molecule has 1 fully saturated rings. The molecule has 0 bridgehead atoms. The molecule has 6 heteroatoms. The number of nitrogens with zero attached hydrogens (tertiary/aromatic N) is 1. The lowest BCUT2D eigenvalue weighted by Gasteiger charge is -2.18. The highest BCUT2D eigenvalue weighted by Crippen LogP contribution is 2.20. The van der Waals surface area contributed by atoms with E-state index in [1.807, 2.05) is 26.0 Å². The fraction of sp³-hybridized carbons (Fsp3) is 0.467. The van der Waals surface area contributed by atoms with Gasteiger partial charge >= 0.3 is 6.03 Å². The Morgan fingerprint density at radius 2 is 2.10 bits per heavy atom. The lowest BCUT2D eigenvalue weighted by atomic mass is 9.99. The number of carbonyl (C=O) groups is 2. The molecule has 1 aliphatic rings. The fourth-order valence-electron chi connectivity index (χ4n) is 2.18. The summed E-state index contributed by atoms with van der Waals surface area (Å²) in [6.07, 6.45) is 0.859. The summed E-state index contributed by atoms with van der Waals surface area (Å²) in [5.41, 5.74) is 7.39.